The molecule has 0 aromatic carbocycles. The number of unbranched alkanes of at least 4 members (excludes halogenated alkanes) is 7. The highest BCUT2D eigenvalue weighted by Crippen LogP contribution is 2.11. The van der Waals surface area contributed by atoms with Crippen molar-refractivity contribution < 1.29 is 19.2 Å². The summed E-state index contributed by atoms with van der Waals surface area (Å²) in [7, 11) is 0. The Balaban J connectivity index is 4.06. The topological polar surface area (TPSA) is 60.0 Å². The third-order valence-corrected chi connectivity index (χ3v) is 4.15. The zero-order chi connectivity index (χ0) is 19.5. The summed E-state index contributed by atoms with van der Waals surface area (Å²) in [4.78, 5) is 22.9. The molecule has 1 atom stereocenters. The van der Waals surface area contributed by atoms with Gasteiger partial charge in [0, 0.05) is 6.54 Å². The first-order chi connectivity index (χ1) is 12.7. The summed E-state index contributed by atoms with van der Waals surface area (Å²) in [6.45, 7) is 10.6. The largest absolute Gasteiger partial charge is 0.465 e. The predicted molar refractivity (Wildman–Crippen MR) is 106 cm³/mol. The highest BCUT2D eigenvalue weighted by molar-refractivity contribution is 5.75. The van der Waals surface area contributed by atoms with E-state index < -0.39 is 0 Å². The van der Waals surface area contributed by atoms with Crippen molar-refractivity contribution in [1.29, 1.82) is 0 Å². The second-order valence-corrected chi connectivity index (χ2v) is 6.41. The minimum atomic E-state index is -0.250. The van der Waals surface area contributed by atoms with Crippen molar-refractivity contribution in [3.63, 3.8) is 0 Å². The number of ether oxygens (including phenoxy) is 1. The molecule has 0 rings (SSSR count). The summed E-state index contributed by atoms with van der Waals surface area (Å²) in [5.41, 5.74) is 0. The fourth-order valence-electron chi connectivity index (χ4n) is 2.81. The van der Waals surface area contributed by atoms with Crippen LogP contribution in [0.2, 0.25) is 0 Å². The summed E-state index contributed by atoms with van der Waals surface area (Å²) in [5.74, 6) is -0.158. The molecule has 6 heteroatoms. The van der Waals surface area contributed by atoms with Crippen LogP contribution < -0.4 is 5.32 Å². The molecule has 0 radical (unpaired) electrons. The van der Waals surface area contributed by atoms with Crippen LogP contribution in [-0.4, -0.2) is 50.1 Å². The normalized spacial score (nSPS) is 12.5. The van der Waals surface area contributed by atoms with Gasteiger partial charge in [-0.2, -0.15) is 0 Å². The number of esters is 1. The molecule has 0 aliphatic rings. The van der Waals surface area contributed by atoms with Gasteiger partial charge in [0.2, 0.25) is 0 Å². The van der Waals surface area contributed by atoms with E-state index in [2.05, 4.69) is 12.2 Å². The maximum atomic E-state index is 12.1. The van der Waals surface area contributed by atoms with Crippen LogP contribution in [-0.2, 0) is 19.2 Å². The van der Waals surface area contributed by atoms with Gasteiger partial charge in [0.25, 0.3) is 0 Å². The third-order valence-electron chi connectivity index (χ3n) is 4.15. The monoisotopic (exact) mass is 374 g/mol. The number of rotatable bonds is 19. The van der Waals surface area contributed by atoms with Crippen LogP contribution in [0.25, 0.3) is 0 Å². The molecule has 0 aromatic heterocycles. The predicted octanol–water partition coefficient (Wildman–Crippen LogP) is 4.24. The molecule has 0 saturated carbocycles. The van der Waals surface area contributed by atoms with Crippen LogP contribution >= 0.6 is 0 Å². The van der Waals surface area contributed by atoms with Gasteiger partial charge < -0.3 is 10.1 Å². The number of carbonyl (C=O) groups is 1. The van der Waals surface area contributed by atoms with E-state index in [1.54, 1.807) is 0 Å². The van der Waals surface area contributed by atoms with E-state index in [0.717, 1.165) is 12.8 Å². The first kappa shape index (κ1) is 25.3. The zero-order valence-corrected chi connectivity index (χ0v) is 17.6. The van der Waals surface area contributed by atoms with Crippen molar-refractivity contribution in [2.24, 2.45) is 0 Å². The molecule has 156 valence electrons. The summed E-state index contributed by atoms with van der Waals surface area (Å²) >= 11 is 0. The van der Waals surface area contributed by atoms with Crippen molar-refractivity contribution in [3.05, 3.63) is 0 Å². The van der Waals surface area contributed by atoms with E-state index in [9.17, 15) is 4.79 Å². The molecule has 1 N–H and O–H groups in total. The number of nitrogens with one attached hydrogen (secondary N) is 1. The molecule has 0 aromatic rings. The molecule has 0 saturated heterocycles. The van der Waals surface area contributed by atoms with Crippen molar-refractivity contribution in [1.82, 2.24) is 10.5 Å². The Hall–Kier alpha value is -0.690. The van der Waals surface area contributed by atoms with E-state index >= 15 is 0 Å². The van der Waals surface area contributed by atoms with E-state index in [-0.39, 0.29) is 12.0 Å². The smallest absolute Gasteiger partial charge is 0.323 e. The van der Waals surface area contributed by atoms with E-state index in [4.69, 9.17) is 14.4 Å². The highest BCUT2D eigenvalue weighted by atomic mass is 16.9. The minimum Gasteiger partial charge on any atom is -0.465 e. The molecular weight excluding hydrogens is 332 g/mol. The summed E-state index contributed by atoms with van der Waals surface area (Å²) in [5, 5.41) is 4.77. The van der Waals surface area contributed by atoms with Gasteiger partial charge in [-0.1, -0.05) is 63.5 Å². The molecule has 0 aliphatic heterocycles. The van der Waals surface area contributed by atoms with Gasteiger partial charge in [0.1, 0.15) is 6.04 Å². The van der Waals surface area contributed by atoms with Crippen molar-refractivity contribution >= 4 is 5.97 Å². The second-order valence-electron chi connectivity index (χ2n) is 6.41. The van der Waals surface area contributed by atoms with Gasteiger partial charge in [-0.05, 0) is 27.2 Å². The maximum absolute atomic E-state index is 12.1. The van der Waals surface area contributed by atoms with Crippen LogP contribution in [0, 0.1) is 0 Å². The number of nitrogens with zero attached hydrogens (tertiary/aromatic N) is 1. The maximum Gasteiger partial charge on any atom is 0.323 e. The standard InChI is InChI=1S/C20H42N2O4/c1-5-9-10-11-12-13-14-15-16-19(20(23)24-6-2)21-17-18-22(25-7-3)26-8-4/h19,21H,5-18H2,1-4H3. The quantitative estimate of drug-likeness (QED) is 0.207. The SMILES string of the molecule is CCCCCCCCCCC(NCCN(OCC)OCC)C(=O)OCC. The second kappa shape index (κ2) is 19.1. The van der Waals surface area contributed by atoms with Gasteiger partial charge in [-0.3, -0.25) is 14.5 Å². The van der Waals surface area contributed by atoms with Crippen LogP contribution in [0.3, 0.4) is 0 Å². The molecule has 1 unspecified atom stereocenters. The fraction of sp³-hybridized carbons (Fsp3) is 0.950. The van der Waals surface area contributed by atoms with E-state index in [1.165, 1.54) is 50.2 Å². The molecule has 0 amide bonds. The first-order valence-corrected chi connectivity index (χ1v) is 10.6. The Morgan fingerprint density at radius 1 is 0.846 bits per heavy atom. The Bertz CT molecular complexity index is 310. The first-order valence-electron chi connectivity index (χ1n) is 10.6. The summed E-state index contributed by atoms with van der Waals surface area (Å²) < 4.78 is 5.20. The lowest BCUT2D eigenvalue weighted by Gasteiger charge is -2.22. The van der Waals surface area contributed by atoms with Gasteiger partial charge >= 0.3 is 5.97 Å². The Morgan fingerprint density at radius 3 is 1.96 bits per heavy atom. The average molecular weight is 375 g/mol. The van der Waals surface area contributed by atoms with E-state index in [0.29, 0.717) is 32.9 Å². The van der Waals surface area contributed by atoms with Crippen LogP contribution in [0.1, 0.15) is 85.5 Å². The fourth-order valence-corrected chi connectivity index (χ4v) is 2.81. The number of hydrogen-bond acceptors (Lipinski definition) is 6. The number of hydroxylamine groups is 2. The Morgan fingerprint density at radius 2 is 1.42 bits per heavy atom. The van der Waals surface area contributed by atoms with Crippen LogP contribution in [0.5, 0.6) is 0 Å². The molecule has 0 bridgehead atoms. The highest BCUT2D eigenvalue weighted by Gasteiger charge is 2.19. The average Bonchev–Trinajstić information content (AvgIpc) is 2.62. The minimum absolute atomic E-state index is 0.158. The lowest BCUT2D eigenvalue weighted by molar-refractivity contribution is -0.363. The van der Waals surface area contributed by atoms with Gasteiger partial charge in [0.05, 0.1) is 26.4 Å². The zero-order valence-electron chi connectivity index (χ0n) is 17.6. The lowest BCUT2D eigenvalue weighted by atomic mass is 10.0. The Kier molecular flexibility index (Phi) is 18.6. The number of hydrogen-bond donors (Lipinski definition) is 1. The molecule has 26 heavy (non-hydrogen) atoms. The third kappa shape index (κ3) is 14.5. The summed E-state index contributed by atoms with van der Waals surface area (Å²) in [6, 6.07) is -0.250. The molecular formula is C20H42N2O4. The molecule has 0 spiro atoms. The van der Waals surface area contributed by atoms with Gasteiger partial charge in [0.15, 0.2) is 0 Å². The van der Waals surface area contributed by atoms with Gasteiger partial charge in [-0.15, -0.1) is 0 Å². The van der Waals surface area contributed by atoms with Crippen molar-refractivity contribution in [2.75, 3.05) is 32.9 Å². The summed E-state index contributed by atoms with van der Waals surface area (Å²) in [6.07, 6.45) is 10.9. The molecule has 0 heterocycles. The van der Waals surface area contributed by atoms with Crippen LogP contribution in [0.4, 0.5) is 0 Å². The molecule has 6 nitrogen and oxygen atoms in total. The van der Waals surface area contributed by atoms with Crippen LogP contribution in [0.15, 0.2) is 0 Å². The van der Waals surface area contributed by atoms with E-state index in [1.807, 2.05) is 20.8 Å². The van der Waals surface area contributed by atoms with Crippen molar-refractivity contribution in [3.8, 4) is 0 Å². The lowest BCUT2D eigenvalue weighted by Crippen LogP contribution is -2.42. The van der Waals surface area contributed by atoms with Crippen molar-refractivity contribution in [2.45, 2.75) is 91.5 Å². The Labute approximate surface area is 160 Å². The van der Waals surface area contributed by atoms with Gasteiger partial charge in [-0.25, -0.2) is 0 Å². The molecule has 0 aliphatic carbocycles. The number of carbonyl (C=O) groups excluding carboxylic acids is 1. The molecule has 0 fully saturated rings.